The molecule has 4 rings (SSSR count). The van der Waals surface area contributed by atoms with Crippen molar-refractivity contribution < 1.29 is 0 Å². The molecule has 0 aromatic rings. The van der Waals surface area contributed by atoms with Crippen molar-refractivity contribution >= 4 is 0 Å². The van der Waals surface area contributed by atoms with Crippen LogP contribution in [0, 0.1) is 47.3 Å². The summed E-state index contributed by atoms with van der Waals surface area (Å²) in [7, 11) is 0. The molecule has 4 aliphatic rings. The minimum absolute atomic E-state index is 1.09. The van der Waals surface area contributed by atoms with Gasteiger partial charge in [0.2, 0.25) is 0 Å². The van der Waals surface area contributed by atoms with Crippen molar-refractivity contribution in [2.45, 2.75) is 104 Å². The summed E-state index contributed by atoms with van der Waals surface area (Å²) in [5, 5.41) is 0. The summed E-state index contributed by atoms with van der Waals surface area (Å²) in [6.45, 7) is 5.08. The fraction of sp³-hybridized carbons (Fsp3) is 1.00. The predicted molar refractivity (Wildman–Crippen MR) is 104 cm³/mol. The lowest BCUT2D eigenvalue weighted by molar-refractivity contribution is -0.0596. The molecule has 0 heteroatoms. The zero-order chi connectivity index (χ0) is 16.5. The van der Waals surface area contributed by atoms with Crippen LogP contribution in [0.25, 0.3) is 0 Å². The maximum absolute atomic E-state index is 2.54. The van der Waals surface area contributed by atoms with Crippen LogP contribution in [0.15, 0.2) is 0 Å². The Bertz CT molecular complexity index is 345. The highest BCUT2D eigenvalue weighted by molar-refractivity contribution is 4.98. The van der Waals surface area contributed by atoms with Crippen molar-refractivity contribution in [2.24, 2.45) is 47.3 Å². The van der Waals surface area contributed by atoms with Crippen LogP contribution in [-0.4, -0.2) is 0 Å². The Labute approximate surface area is 151 Å². The molecule has 0 bridgehead atoms. The van der Waals surface area contributed by atoms with Crippen molar-refractivity contribution in [3.8, 4) is 0 Å². The van der Waals surface area contributed by atoms with E-state index in [2.05, 4.69) is 13.8 Å². The van der Waals surface area contributed by atoms with Gasteiger partial charge in [-0.1, -0.05) is 104 Å². The van der Waals surface area contributed by atoms with Crippen molar-refractivity contribution in [1.82, 2.24) is 0 Å². The first-order valence-corrected chi connectivity index (χ1v) is 11.8. The van der Waals surface area contributed by atoms with Crippen LogP contribution in [0.2, 0.25) is 0 Å². The number of hydrogen-bond acceptors (Lipinski definition) is 0. The molecule has 4 aliphatic carbocycles. The largest absolute Gasteiger partial charge is 0.0651 e. The highest BCUT2D eigenvalue weighted by Crippen LogP contribution is 2.57. The molecule has 0 radical (unpaired) electrons. The average Bonchev–Trinajstić information content (AvgIpc) is 2.37. The Kier molecular flexibility index (Phi) is 5.59. The third kappa shape index (κ3) is 3.09. The summed E-state index contributed by atoms with van der Waals surface area (Å²) in [6.07, 6.45) is 21.7. The van der Waals surface area contributed by atoms with Gasteiger partial charge in [0.25, 0.3) is 0 Å². The van der Waals surface area contributed by atoms with E-state index in [0.29, 0.717) is 0 Å². The minimum Gasteiger partial charge on any atom is -0.0651 e. The molecule has 138 valence electrons. The van der Waals surface area contributed by atoms with E-state index in [1.807, 2.05) is 0 Å². The second-order valence-corrected chi connectivity index (χ2v) is 10.1. The highest BCUT2D eigenvalue weighted by atomic mass is 14.5. The lowest BCUT2D eigenvalue weighted by Gasteiger charge is -2.55. The molecule has 0 heterocycles. The summed E-state index contributed by atoms with van der Waals surface area (Å²) in [5.74, 6) is 8.87. The van der Waals surface area contributed by atoms with Crippen LogP contribution in [-0.2, 0) is 0 Å². The molecule has 4 atom stereocenters. The third-order valence-corrected chi connectivity index (χ3v) is 9.28. The van der Waals surface area contributed by atoms with Gasteiger partial charge in [-0.15, -0.1) is 0 Å². The van der Waals surface area contributed by atoms with Gasteiger partial charge in [-0.3, -0.25) is 0 Å². The van der Waals surface area contributed by atoms with Crippen LogP contribution >= 0.6 is 0 Å². The first-order chi connectivity index (χ1) is 11.8. The molecule has 0 aromatic heterocycles. The molecular weight excluding hydrogens is 288 g/mol. The van der Waals surface area contributed by atoms with Crippen LogP contribution in [0.4, 0.5) is 0 Å². The fourth-order valence-corrected chi connectivity index (χ4v) is 7.12. The van der Waals surface area contributed by atoms with Crippen LogP contribution in [0.3, 0.4) is 0 Å². The van der Waals surface area contributed by atoms with E-state index in [-0.39, 0.29) is 0 Å². The van der Waals surface area contributed by atoms with Gasteiger partial charge in [0, 0.05) is 0 Å². The molecule has 24 heavy (non-hydrogen) atoms. The van der Waals surface area contributed by atoms with Crippen molar-refractivity contribution in [3.63, 3.8) is 0 Å². The van der Waals surface area contributed by atoms with E-state index in [1.54, 1.807) is 64.2 Å². The molecule has 0 spiro atoms. The molecule has 0 aromatic carbocycles. The van der Waals surface area contributed by atoms with Crippen molar-refractivity contribution in [3.05, 3.63) is 0 Å². The maximum Gasteiger partial charge on any atom is -0.0321 e. The SMILES string of the molecule is CCC(C1CCC1)C(C1CCC1)C(C1CCC1)C(CC)C1CCC1. The Morgan fingerprint density at radius 2 is 0.792 bits per heavy atom. The second-order valence-electron chi connectivity index (χ2n) is 10.1. The summed E-state index contributed by atoms with van der Waals surface area (Å²) in [6, 6.07) is 0. The lowest BCUT2D eigenvalue weighted by Crippen LogP contribution is -2.47. The first-order valence-electron chi connectivity index (χ1n) is 11.8. The van der Waals surface area contributed by atoms with E-state index in [0.717, 1.165) is 47.3 Å². The van der Waals surface area contributed by atoms with Crippen LogP contribution in [0.1, 0.15) is 104 Å². The standard InChI is InChI=1S/C24H42/c1-3-21(17-9-5-10-17)23(19-13-7-14-19)24(20-15-8-16-20)22(4-2)18-11-6-12-18/h17-24H,3-16H2,1-2H3. The van der Waals surface area contributed by atoms with Crippen LogP contribution in [0.5, 0.6) is 0 Å². The number of rotatable bonds is 9. The smallest absolute Gasteiger partial charge is 0.0321 e. The van der Waals surface area contributed by atoms with Gasteiger partial charge in [-0.05, 0) is 47.3 Å². The molecule has 4 fully saturated rings. The molecule has 0 N–H and O–H groups in total. The molecule has 4 unspecified atom stereocenters. The quantitative estimate of drug-likeness (QED) is 0.411. The maximum atomic E-state index is 2.54. The van der Waals surface area contributed by atoms with Gasteiger partial charge >= 0.3 is 0 Å². The Morgan fingerprint density at radius 3 is 0.958 bits per heavy atom. The molecule has 0 amide bonds. The molecule has 0 nitrogen and oxygen atoms in total. The van der Waals surface area contributed by atoms with E-state index in [4.69, 9.17) is 0 Å². The van der Waals surface area contributed by atoms with Gasteiger partial charge in [0.15, 0.2) is 0 Å². The van der Waals surface area contributed by atoms with Gasteiger partial charge in [-0.2, -0.15) is 0 Å². The molecular formula is C24H42. The van der Waals surface area contributed by atoms with Gasteiger partial charge in [-0.25, -0.2) is 0 Å². The molecule has 0 saturated heterocycles. The predicted octanol–water partition coefficient (Wildman–Crippen LogP) is 7.47. The fourth-order valence-electron chi connectivity index (χ4n) is 7.12. The van der Waals surface area contributed by atoms with Gasteiger partial charge < -0.3 is 0 Å². The second kappa shape index (κ2) is 7.71. The Balaban J connectivity index is 1.59. The Morgan fingerprint density at radius 1 is 0.500 bits per heavy atom. The summed E-state index contributed by atoms with van der Waals surface area (Å²) in [4.78, 5) is 0. The van der Waals surface area contributed by atoms with E-state index in [1.165, 1.54) is 25.7 Å². The zero-order valence-electron chi connectivity index (χ0n) is 16.5. The average molecular weight is 331 g/mol. The third-order valence-electron chi connectivity index (χ3n) is 9.28. The molecule has 0 aliphatic heterocycles. The number of hydrogen-bond donors (Lipinski definition) is 0. The summed E-state index contributed by atoms with van der Waals surface area (Å²) in [5.41, 5.74) is 0. The highest BCUT2D eigenvalue weighted by Gasteiger charge is 2.49. The van der Waals surface area contributed by atoms with Gasteiger partial charge in [0.1, 0.15) is 0 Å². The van der Waals surface area contributed by atoms with E-state index in [9.17, 15) is 0 Å². The van der Waals surface area contributed by atoms with Crippen LogP contribution < -0.4 is 0 Å². The van der Waals surface area contributed by atoms with E-state index >= 15 is 0 Å². The summed E-state index contributed by atoms with van der Waals surface area (Å²) < 4.78 is 0. The van der Waals surface area contributed by atoms with Crippen molar-refractivity contribution in [1.29, 1.82) is 0 Å². The van der Waals surface area contributed by atoms with Crippen molar-refractivity contribution in [2.75, 3.05) is 0 Å². The minimum atomic E-state index is 1.09. The van der Waals surface area contributed by atoms with E-state index < -0.39 is 0 Å². The zero-order valence-corrected chi connectivity index (χ0v) is 16.5. The van der Waals surface area contributed by atoms with Gasteiger partial charge in [0.05, 0.1) is 0 Å². The normalized spacial score (nSPS) is 31.2. The lowest BCUT2D eigenvalue weighted by atomic mass is 9.50. The Hall–Kier alpha value is 0. The topological polar surface area (TPSA) is 0 Å². The summed E-state index contributed by atoms with van der Waals surface area (Å²) >= 11 is 0. The monoisotopic (exact) mass is 330 g/mol. The molecule has 4 saturated carbocycles. The first kappa shape index (κ1) is 17.4.